The van der Waals surface area contributed by atoms with Crippen LogP contribution in [0.15, 0.2) is 30.3 Å². The summed E-state index contributed by atoms with van der Waals surface area (Å²) in [6, 6.07) is 9.24. The number of anilines is 1. The molecule has 1 heterocycles. The molecule has 0 aliphatic heterocycles. The van der Waals surface area contributed by atoms with Crippen LogP contribution in [0.4, 0.5) is 5.00 Å². The smallest absolute Gasteiger partial charge is 0.316 e. The molecule has 0 spiro atoms. The molecule has 2 aromatic rings. The lowest BCUT2D eigenvalue weighted by atomic mass is 9.85. The van der Waals surface area contributed by atoms with Crippen molar-refractivity contribution in [1.29, 1.82) is 0 Å². The maximum absolute atomic E-state index is 12.4. The van der Waals surface area contributed by atoms with E-state index in [0.717, 1.165) is 35.3 Å². The SMILES string of the molecule is CC(C)(C(=O)OCC(=O)Nc1sc2c(c1C(N)=O)CCC2)c1ccccc1. The molecule has 1 aliphatic rings. The van der Waals surface area contributed by atoms with Gasteiger partial charge in [-0.25, -0.2) is 0 Å². The molecule has 1 aliphatic carbocycles. The molecule has 0 radical (unpaired) electrons. The molecule has 0 saturated heterocycles. The minimum Gasteiger partial charge on any atom is -0.455 e. The van der Waals surface area contributed by atoms with Gasteiger partial charge in [-0.1, -0.05) is 30.3 Å². The number of ether oxygens (including phenoxy) is 1. The van der Waals surface area contributed by atoms with Gasteiger partial charge in [0, 0.05) is 4.88 Å². The van der Waals surface area contributed by atoms with E-state index in [-0.39, 0.29) is 0 Å². The van der Waals surface area contributed by atoms with Gasteiger partial charge >= 0.3 is 5.97 Å². The summed E-state index contributed by atoms with van der Waals surface area (Å²) in [7, 11) is 0. The maximum atomic E-state index is 12.4. The first-order valence-corrected chi connectivity index (χ1v) is 9.59. The molecule has 0 fully saturated rings. The zero-order chi connectivity index (χ0) is 19.6. The van der Waals surface area contributed by atoms with Crippen LogP contribution in [-0.4, -0.2) is 24.4 Å². The molecule has 142 valence electrons. The van der Waals surface area contributed by atoms with Gasteiger partial charge in [0.1, 0.15) is 5.00 Å². The van der Waals surface area contributed by atoms with Crippen LogP contribution >= 0.6 is 11.3 Å². The summed E-state index contributed by atoms with van der Waals surface area (Å²) in [5, 5.41) is 3.11. The minimum atomic E-state index is -0.871. The summed E-state index contributed by atoms with van der Waals surface area (Å²) in [4.78, 5) is 37.5. The molecule has 1 aromatic carbocycles. The van der Waals surface area contributed by atoms with E-state index in [1.807, 2.05) is 30.3 Å². The predicted molar refractivity (Wildman–Crippen MR) is 104 cm³/mol. The van der Waals surface area contributed by atoms with E-state index >= 15 is 0 Å². The third-order valence-corrected chi connectivity index (χ3v) is 5.97. The number of benzene rings is 1. The number of primary amides is 1. The van der Waals surface area contributed by atoms with E-state index in [2.05, 4.69) is 5.32 Å². The van der Waals surface area contributed by atoms with E-state index < -0.39 is 29.8 Å². The van der Waals surface area contributed by atoms with Crippen molar-refractivity contribution < 1.29 is 19.1 Å². The minimum absolute atomic E-state index is 0.386. The largest absolute Gasteiger partial charge is 0.455 e. The molecular weight excluding hydrogens is 364 g/mol. The fourth-order valence-corrected chi connectivity index (χ4v) is 4.51. The molecule has 3 rings (SSSR count). The molecule has 0 saturated carbocycles. The van der Waals surface area contributed by atoms with Gasteiger partial charge in [-0.3, -0.25) is 14.4 Å². The molecule has 0 atom stereocenters. The van der Waals surface area contributed by atoms with Gasteiger partial charge in [-0.05, 0) is 44.2 Å². The van der Waals surface area contributed by atoms with Crippen LogP contribution in [0.5, 0.6) is 0 Å². The third kappa shape index (κ3) is 3.88. The molecule has 0 bridgehead atoms. The lowest BCUT2D eigenvalue weighted by Gasteiger charge is -2.22. The number of fused-ring (bicyclic) bond motifs is 1. The first-order valence-electron chi connectivity index (χ1n) is 8.77. The number of carbonyl (C=O) groups excluding carboxylic acids is 3. The fourth-order valence-electron chi connectivity index (χ4n) is 3.20. The maximum Gasteiger partial charge on any atom is 0.316 e. The van der Waals surface area contributed by atoms with Gasteiger partial charge in [0.25, 0.3) is 11.8 Å². The Kier molecular flexibility index (Phi) is 5.32. The number of rotatable bonds is 6. The van der Waals surface area contributed by atoms with Gasteiger partial charge < -0.3 is 15.8 Å². The van der Waals surface area contributed by atoms with Gasteiger partial charge in [0.15, 0.2) is 6.61 Å². The van der Waals surface area contributed by atoms with Crippen molar-refractivity contribution in [2.24, 2.45) is 5.73 Å². The average molecular weight is 386 g/mol. The number of carbonyl (C=O) groups is 3. The Morgan fingerprint density at radius 3 is 2.56 bits per heavy atom. The lowest BCUT2D eigenvalue weighted by Crippen LogP contribution is -2.33. The van der Waals surface area contributed by atoms with Crippen molar-refractivity contribution in [1.82, 2.24) is 0 Å². The first-order chi connectivity index (χ1) is 12.8. The molecule has 6 nitrogen and oxygen atoms in total. The second-order valence-corrected chi connectivity index (χ2v) is 8.15. The van der Waals surface area contributed by atoms with Crippen LogP contribution in [0.3, 0.4) is 0 Å². The Morgan fingerprint density at radius 1 is 1.19 bits per heavy atom. The highest BCUT2D eigenvalue weighted by molar-refractivity contribution is 7.17. The van der Waals surface area contributed by atoms with Crippen LogP contribution < -0.4 is 11.1 Å². The number of thiophene rings is 1. The summed E-state index contributed by atoms with van der Waals surface area (Å²) in [5.41, 5.74) is 6.74. The second kappa shape index (κ2) is 7.52. The predicted octanol–water partition coefficient (Wildman–Crippen LogP) is 2.80. The summed E-state index contributed by atoms with van der Waals surface area (Å²) < 4.78 is 5.21. The Morgan fingerprint density at radius 2 is 1.89 bits per heavy atom. The van der Waals surface area contributed by atoms with Gasteiger partial charge in [-0.15, -0.1) is 11.3 Å². The van der Waals surface area contributed by atoms with E-state index in [1.165, 1.54) is 11.3 Å². The second-order valence-electron chi connectivity index (χ2n) is 7.04. The summed E-state index contributed by atoms with van der Waals surface area (Å²) in [6.07, 6.45) is 2.67. The summed E-state index contributed by atoms with van der Waals surface area (Å²) in [6.45, 7) is 3.07. The molecule has 27 heavy (non-hydrogen) atoms. The van der Waals surface area contributed by atoms with E-state index in [0.29, 0.717) is 10.6 Å². The Hall–Kier alpha value is -2.67. The number of hydrogen-bond donors (Lipinski definition) is 2. The van der Waals surface area contributed by atoms with Crippen molar-refractivity contribution in [3.63, 3.8) is 0 Å². The van der Waals surface area contributed by atoms with Crippen LogP contribution in [0.2, 0.25) is 0 Å². The summed E-state index contributed by atoms with van der Waals surface area (Å²) >= 11 is 1.37. The van der Waals surface area contributed by atoms with Crippen LogP contribution in [0, 0.1) is 0 Å². The Labute approximate surface area is 161 Å². The monoisotopic (exact) mass is 386 g/mol. The zero-order valence-electron chi connectivity index (χ0n) is 15.3. The molecule has 2 amide bonds. The van der Waals surface area contributed by atoms with Crippen molar-refractivity contribution in [2.75, 3.05) is 11.9 Å². The topological polar surface area (TPSA) is 98.5 Å². The van der Waals surface area contributed by atoms with Crippen molar-refractivity contribution >= 4 is 34.1 Å². The lowest BCUT2D eigenvalue weighted by molar-refractivity contribution is -0.152. The van der Waals surface area contributed by atoms with E-state index in [9.17, 15) is 14.4 Å². The highest BCUT2D eigenvalue weighted by Gasteiger charge is 2.32. The normalized spacial score (nSPS) is 13.1. The number of nitrogens with two attached hydrogens (primary N) is 1. The van der Waals surface area contributed by atoms with Crippen molar-refractivity contribution in [2.45, 2.75) is 38.5 Å². The van der Waals surface area contributed by atoms with E-state index in [1.54, 1.807) is 13.8 Å². The molecule has 3 N–H and O–H groups in total. The number of amides is 2. The number of hydrogen-bond acceptors (Lipinski definition) is 5. The fraction of sp³-hybridized carbons (Fsp3) is 0.350. The van der Waals surface area contributed by atoms with Crippen LogP contribution in [-0.2, 0) is 32.6 Å². The van der Waals surface area contributed by atoms with Gasteiger partial charge in [0.2, 0.25) is 0 Å². The van der Waals surface area contributed by atoms with Crippen molar-refractivity contribution in [3.05, 3.63) is 51.9 Å². The first kappa shape index (κ1) is 19.1. The zero-order valence-corrected chi connectivity index (χ0v) is 16.2. The number of esters is 1. The number of nitrogens with one attached hydrogen (secondary N) is 1. The van der Waals surface area contributed by atoms with Crippen molar-refractivity contribution in [3.8, 4) is 0 Å². The van der Waals surface area contributed by atoms with Crippen LogP contribution in [0.25, 0.3) is 0 Å². The molecule has 1 aromatic heterocycles. The summed E-state index contributed by atoms with van der Waals surface area (Å²) in [5.74, 6) is -1.53. The quantitative estimate of drug-likeness (QED) is 0.746. The Balaban J connectivity index is 1.64. The molecular formula is C20H22N2O4S. The Bertz CT molecular complexity index is 887. The highest BCUT2D eigenvalue weighted by Crippen LogP contribution is 2.38. The van der Waals surface area contributed by atoms with Gasteiger partial charge in [-0.2, -0.15) is 0 Å². The molecule has 7 heteroatoms. The van der Waals surface area contributed by atoms with Crippen LogP contribution in [0.1, 0.15) is 46.6 Å². The highest BCUT2D eigenvalue weighted by atomic mass is 32.1. The van der Waals surface area contributed by atoms with E-state index in [4.69, 9.17) is 10.5 Å². The standard InChI is InChI=1S/C20H22N2O4S/c1-20(2,12-7-4-3-5-8-12)19(25)26-11-15(23)22-18-16(17(21)24)13-9-6-10-14(13)27-18/h3-5,7-8H,6,9-11H2,1-2H3,(H2,21,24)(H,22,23). The number of aryl methyl sites for hydroxylation is 1. The third-order valence-electron chi connectivity index (χ3n) is 4.76. The average Bonchev–Trinajstić information content (AvgIpc) is 3.20. The molecule has 0 unspecified atom stereocenters. The van der Waals surface area contributed by atoms with Gasteiger partial charge in [0.05, 0.1) is 11.0 Å².